The van der Waals surface area contributed by atoms with Gasteiger partial charge in [-0.3, -0.25) is 19.3 Å². The number of methoxy groups -OCH3 is 1. The summed E-state index contributed by atoms with van der Waals surface area (Å²) >= 11 is 3.44. The van der Waals surface area contributed by atoms with Gasteiger partial charge in [-0.05, 0) is 67.8 Å². The number of aryl methyl sites for hydroxylation is 3. The number of rotatable bonds is 5. The number of anilines is 3. The first-order valence-corrected chi connectivity index (χ1v) is 10.5. The number of nitrogens with zero attached hydrogens (tertiary/aromatic N) is 1. The Kier molecular flexibility index (Phi) is 6.80. The van der Waals surface area contributed by atoms with Crippen LogP contribution in [0.15, 0.2) is 46.6 Å². The van der Waals surface area contributed by atoms with Gasteiger partial charge in [0.25, 0.3) is 5.91 Å². The Hall–Kier alpha value is -3.13. The van der Waals surface area contributed by atoms with Crippen molar-refractivity contribution in [1.29, 1.82) is 0 Å². The highest BCUT2D eigenvalue weighted by Crippen LogP contribution is 2.33. The number of amides is 2. The molecule has 31 heavy (non-hydrogen) atoms. The van der Waals surface area contributed by atoms with Gasteiger partial charge in [-0.2, -0.15) is 0 Å². The summed E-state index contributed by atoms with van der Waals surface area (Å²) in [4.78, 5) is 38.9. The van der Waals surface area contributed by atoms with Crippen molar-refractivity contribution in [3.05, 3.63) is 63.3 Å². The van der Waals surface area contributed by atoms with Crippen LogP contribution in [0.2, 0.25) is 0 Å². The van der Waals surface area contributed by atoms with E-state index in [1.807, 2.05) is 45.0 Å². The van der Waals surface area contributed by atoms with Crippen LogP contribution in [0.25, 0.3) is 0 Å². The van der Waals surface area contributed by atoms with Crippen LogP contribution in [0.4, 0.5) is 17.1 Å². The number of benzene rings is 2. The van der Waals surface area contributed by atoms with Gasteiger partial charge >= 0.3 is 5.97 Å². The van der Waals surface area contributed by atoms with E-state index in [1.54, 1.807) is 6.07 Å². The highest BCUT2D eigenvalue weighted by atomic mass is 79.9. The van der Waals surface area contributed by atoms with E-state index in [-0.39, 0.29) is 18.9 Å². The van der Waals surface area contributed by atoms with Gasteiger partial charge in [0, 0.05) is 21.9 Å². The highest BCUT2D eigenvalue weighted by Gasteiger charge is 2.26. The van der Waals surface area contributed by atoms with Crippen LogP contribution < -0.4 is 15.5 Å². The molecule has 2 amide bonds. The van der Waals surface area contributed by atoms with Crippen LogP contribution in [0.5, 0.6) is 0 Å². The third kappa shape index (κ3) is 5.32. The maximum absolute atomic E-state index is 13.0. The first-order valence-electron chi connectivity index (χ1n) is 9.71. The fourth-order valence-electron chi connectivity index (χ4n) is 3.23. The summed E-state index contributed by atoms with van der Waals surface area (Å²) in [6.45, 7) is 5.66. The standard InChI is InChI=1S/C23H24BrN3O4/c1-13-8-19-20(9-14(13)2)27(22(29)10-17(25-19)11-23(30)31-4)12-21(28)26-16-5-6-18(24)15(3)7-16/h5-10,25H,11-12H2,1-4H3,(H,26,28). The number of esters is 1. The molecule has 8 heteroatoms. The number of nitrogens with one attached hydrogen (secondary N) is 2. The zero-order valence-corrected chi connectivity index (χ0v) is 19.4. The molecule has 0 bridgehead atoms. The Balaban J connectivity index is 1.91. The van der Waals surface area contributed by atoms with Gasteiger partial charge in [0.1, 0.15) is 6.54 Å². The summed E-state index contributed by atoms with van der Waals surface area (Å²) in [6, 6.07) is 9.26. The molecule has 2 aromatic rings. The lowest BCUT2D eigenvalue weighted by molar-refractivity contribution is -0.139. The van der Waals surface area contributed by atoms with E-state index in [0.29, 0.717) is 22.8 Å². The third-order valence-electron chi connectivity index (χ3n) is 5.07. The molecular weight excluding hydrogens is 462 g/mol. The van der Waals surface area contributed by atoms with E-state index in [2.05, 4.69) is 26.6 Å². The van der Waals surface area contributed by atoms with Crippen LogP contribution in [0, 0.1) is 20.8 Å². The Morgan fingerprint density at radius 3 is 2.48 bits per heavy atom. The number of fused-ring (bicyclic) bond motifs is 1. The summed E-state index contributed by atoms with van der Waals surface area (Å²) in [5, 5.41) is 5.99. The molecule has 1 heterocycles. The van der Waals surface area contributed by atoms with E-state index >= 15 is 0 Å². The minimum absolute atomic E-state index is 0.0766. The molecule has 0 saturated carbocycles. The SMILES string of the molecule is COC(=O)CC1=CC(=O)N(CC(=O)Nc2ccc(Br)c(C)c2)c2cc(C)c(C)cc2N1. The molecule has 0 spiro atoms. The van der Waals surface area contributed by atoms with Crippen molar-refractivity contribution in [2.45, 2.75) is 27.2 Å². The average Bonchev–Trinajstić information content (AvgIpc) is 2.82. The summed E-state index contributed by atoms with van der Waals surface area (Å²) in [5.74, 6) is -1.19. The maximum atomic E-state index is 13.0. The quantitative estimate of drug-likeness (QED) is 0.619. The van der Waals surface area contributed by atoms with E-state index in [1.165, 1.54) is 18.1 Å². The second-order valence-electron chi connectivity index (χ2n) is 7.44. The fraction of sp³-hybridized carbons (Fsp3) is 0.261. The number of carbonyl (C=O) groups is 3. The smallest absolute Gasteiger partial charge is 0.311 e. The third-order valence-corrected chi connectivity index (χ3v) is 5.96. The normalized spacial score (nSPS) is 13.0. The topological polar surface area (TPSA) is 87.7 Å². The lowest BCUT2D eigenvalue weighted by Crippen LogP contribution is -2.37. The summed E-state index contributed by atoms with van der Waals surface area (Å²) in [6.07, 6.45) is 1.26. The lowest BCUT2D eigenvalue weighted by atomic mass is 10.1. The largest absolute Gasteiger partial charge is 0.469 e. The van der Waals surface area contributed by atoms with Gasteiger partial charge in [0.15, 0.2) is 0 Å². The predicted octanol–water partition coefficient (Wildman–Crippen LogP) is 4.22. The van der Waals surface area contributed by atoms with E-state index in [4.69, 9.17) is 4.74 Å². The first kappa shape index (κ1) is 22.6. The molecule has 0 radical (unpaired) electrons. The second kappa shape index (κ2) is 9.34. The van der Waals surface area contributed by atoms with Gasteiger partial charge < -0.3 is 15.4 Å². The number of hydrogen-bond donors (Lipinski definition) is 2. The van der Waals surface area contributed by atoms with Crippen molar-refractivity contribution < 1.29 is 19.1 Å². The molecule has 0 aromatic heterocycles. The van der Waals surface area contributed by atoms with Crippen molar-refractivity contribution in [2.75, 3.05) is 29.2 Å². The molecule has 2 N–H and O–H groups in total. The predicted molar refractivity (Wildman–Crippen MR) is 124 cm³/mol. The van der Waals surface area contributed by atoms with Crippen molar-refractivity contribution in [1.82, 2.24) is 0 Å². The van der Waals surface area contributed by atoms with Gasteiger partial charge in [-0.1, -0.05) is 15.9 Å². The average molecular weight is 486 g/mol. The molecule has 0 fully saturated rings. The van der Waals surface area contributed by atoms with Crippen molar-refractivity contribution in [2.24, 2.45) is 0 Å². The van der Waals surface area contributed by atoms with Gasteiger partial charge in [0.05, 0.1) is 24.9 Å². The van der Waals surface area contributed by atoms with E-state index in [9.17, 15) is 14.4 Å². The van der Waals surface area contributed by atoms with Crippen LogP contribution in [0.1, 0.15) is 23.1 Å². The number of ether oxygens (including phenoxy) is 1. The van der Waals surface area contributed by atoms with Crippen LogP contribution in [0.3, 0.4) is 0 Å². The van der Waals surface area contributed by atoms with E-state index < -0.39 is 11.9 Å². The molecule has 2 aromatic carbocycles. The summed E-state index contributed by atoms with van der Waals surface area (Å²) in [5.41, 5.74) is 5.27. The molecule has 162 valence electrons. The number of halogens is 1. The molecule has 0 unspecified atom stereocenters. The van der Waals surface area contributed by atoms with Crippen molar-refractivity contribution >= 4 is 50.8 Å². The number of hydrogen-bond acceptors (Lipinski definition) is 5. The van der Waals surface area contributed by atoms with Gasteiger partial charge in [0.2, 0.25) is 5.91 Å². The minimum atomic E-state index is -0.464. The summed E-state index contributed by atoms with van der Waals surface area (Å²) < 4.78 is 5.67. The van der Waals surface area contributed by atoms with Crippen molar-refractivity contribution in [3.63, 3.8) is 0 Å². The molecule has 0 aliphatic carbocycles. The van der Waals surface area contributed by atoms with Crippen molar-refractivity contribution in [3.8, 4) is 0 Å². The van der Waals surface area contributed by atoms with E-state index in [0.717, 1.165) is 21.2 Å². The Labute approximate surface area is 189 Å². The first-order chi connectivity index (χ1) is 14.7. The molecule has 0 atom stereocenters. The molecule has 3 rings (SSSR count). The highest BCUT2D eigenvalue weighted by molar-refractivity contribution is 9.10. The summed E-state index contributed by atoms with van der Waals surface area (Å²) in [7, 11) is 1.29. The molecule has 1 aliphatic heterocycles. The molecule has 0 saturated heterocycles. The second-order valence-corrected chi connectivity index (χ2v) is 8.29. The zero-order chi connectivity index (χ0) is 22.7. The monoisotopic (exact) mass is 485 g/mol. The molecule has 7 nitrogen and oxygen atoms in total. The Bertz CT molecular complexity index is 1090. The van der Waals surface area contributed by atoms with Gasteiger partial charge in [-0.15, -0.1) is 0 Å². The lowest BCUT2D eigenvalue weighted by Gasteiger charge is -2.23. The van der Waals surface area contributed by atoms with Gasteiger partial charge in [-0.25, -0.2) is 0 Å². The van der Waals surface area contributed by atoms with Crippen LogP contribution in [-0.4, -0.2) is 31.4 Å². The van der Waals surface area contributed by atoms with Crippen LogP contribution >= 0.6 is 15.9 Å². The fourth-order valence-corrected chi connectivity index (χ4v) is 3.48. The molecular formula is C23H24BrN3O4. The van der Waals surface area contributed by atoms with Crippen LogP contribution in [-0.2, 0) is 19.1 Å². The zero-order valence-electron chi connectivity index (χ0n) is 17.8. The number of carbonyl (C=O) groups excluding carboxylic acids is 3. The Morgan fingerprint density at radius 1 is 1.10 bits per heavy atom. The Morgan fingerprint density at radius 2 is 1.81 bits per heavy atom. The minimum Gasteiger partial charge on any atom is -0.469 e. The maximum Gasteiger partial charge on any atom is 0.311 e. The molecule has 1 aliphatic rings.